The second-order valence-corrected chi connectivity index (χ2v) is 9.34. The molecular weight excluding hydrogens is 549 g/mol. The number of carbonyl (C=O) groups excluding carboxylic acids is 1. The first-order valence-corrected chi connectivity index (χ1v) is 12.3. The molecule has 0 saturated heterocycles. The van der Waals surface area contributed by atoms with Crippen molar-refractivity contribution >= 4 is 46.0 Å². The Kier molecular flexibility index (Phi) is 8.75. The Hall–Kier alpha value is -4.36. The second kappa shape index (κ2) is 12.2. The van der Waals surface area contributed by atoms with E-state index in [0.29, 0.717) is 30.0 Å². The summed E-state index contributed by atoms with van der Waals surface area (Å²) in [6, 6.07) is 8.12. The molecule has 3 aromatic heterocycles. The fourth-order valence-electron chi connectivity index (χ4n) is 3.79. The Balaban J connectivity index is 1.77. The van der Waals surface area contributed by atoms with Gasteiger partial charge in [-0.2, -0.15) is 13.9 Å². The first kappa shape index (κ1) is 28.6. The molecule has 0 bridgehead atoms. The summed E-state index contributed by atoms with van der Waals surface area (Å²) >= 11 is 6.40. The van der Waals surface area contributed by atoms with Crippen LogP contribution < -0.4 is 20.3 Å². The largest absolute Gasteiger partial charge is 0.433 e. The van der Waals surface area contributed by atoms with Gasteiger partial charge in [-0.05, 0) is 32.3 Å². The van der Waals surface area contributed by atoms with Crippen molar-refractivity contribution in [2.75, 3.05) is 49.8 Å². The van der Waals surface area contributed by atoms with E-state index in [-0.39, 0.29) is 28.1 Å². The number of rotatable bonds is 11. The predicted molar refractivity (Wildman–Crippen MR) is 148 cm³/mol. The van der Waals surface area contributed by atoms with E-state index in [4.69, 9.17) is 16.3 Å². The van der Waals surface area contributed by atoms with Crippen molar-refractivity contribution in [1.29, 1.82) is 0 Å². The minimum atomic E-state index is -3.16. The normalized spacial score (nSPS) is 11.2. The molecule has 210 valence electrons. The number of hydrogen-bond donors (Lipinski definition) is 2. The van der Waals surface area contributed by atoms with Crippen molar-refractivity contribution < 1.29 is 22.7 Å². The lowest BCUT2D eigenvalue weighted by atomic mass is 10.2. The first-order chi connectivity index (χ1) is 19.0. The Labute approximate surface area is 233 Å². The lowest BCUT2D eigenvalue weighted by Gasteiger charge is -2.26. The van der Waals surface area contributed by atoms with E-state index in [1.54, 1.807) is 28.9 Å². The molecule has 0 saturated carbocycles. The van der Waals surface area contributed by atoms with Crippen molar-refractivity contribution in [1.82, 2.24) is 24.5 Å². The summed E-state index contributed by atoms with van der Waals surface area (Å²) in [4.78, 5) is 24.5. The summed E-state index contributed by atoms with van der Waals surface area (Å²) in [7, 11) is 5.44. The first-order valence-electron chi connectivity index (χ1n) is 11.9. The average Bonchev–Trinajstić information content (AvgIpc) is 3.33. The number of anilines is 4. The summed E-state index contributed by atoms with van der Waals surface area (Å²) in [6.07, 6.45) is 4.71. The Bertz CT molecular complexity index is 1550. The van der Waals surface area contributed by atoms with Gasteiger partial charge in [0.05, 0.1) is 45.7 Å². The Morgan fingerprint density at radius 2 is 1.95 bits per heavy atom. The third-order valence-corrected chi connectivity index (χ3v) is 6.05. The van der Waals surface area contributed by atoms with Crippen LogP contribution in [0.3, 0.4) is 0 Å². The molecule has 14 heteroatoms. The monoisotopic (exact) mass is 574 g/mol. The predicted octanol–water partition coefficient (Wildman–Crippen LogP) is 5.21. The molecule has 10 nitrogen and oxygen atoms in total. The highest BCUT2D eigenvalue weighted by atomic mass is 35.5. The smallest absolute Gasteiger partial charge is 0.387 e. The van der Waals surface area contributed by atoms with Crippen LogP contribution in [-0.4, -0.2) is 71.2 Å². The molecule has 4 aromatic rings. The van der Waals surface area contributed by atoms with Crippen molar-refractivity contribution in [2.45, 2.75) is 6.61 Å². The van der Waals surface area contributed by atoms with Gasteiger partial charge in [0.1, 0.15) is 0 Å². The molecule has 4 rings (SSSR count). The molecule has 0 fully saturated rings. The number of likely N-dealkylation sites (N-methyl/N-ethyl adjacent to an activating group) is 2. The van der Waals surface area contributed by atoms with Crippen LogP contribution in [0.15, 0.2) is 61.3 Å². The molecule has 3 heterocycles. The molecule has 0 radical (unpaired) electrons. The van der Waals surface area contributed by atoms with Crippen molar-refractivity contribution in [3.05, 3.63) is 66.4 Å². The van der Waals surface area contributed by atoms with Gasteiger partial charge in [0.25, 0.3) is 5.91 Å². The highest BCUT2D eigenvalue weighted by Crippen LogP contribution is 2.39. The number of aromatic nitrogens is 4. The van der Waals surface area contributed by atoms with Crippen LogP contribution in [0.4, 0.5) is 36.2 Å². The lowest BCUT2D eigenvalue weighted by Crippen LogP contribution is -2.29. The molecule has 0 aliphatic rings. The van der Waals surface area contributed by atoms with Crippen LogP contribution in [0.5, 0.6) is 5.75 Å². The van der Waals surface area contributed by atoms with E-state index in [1.165, 1.54) is 18.3 Å². The van der Waals surface area contributed by atoms with Crippen LogP contribution in [0, 0.1) is 0 Å². The molecule has 0 aliphatic carbocycles. The van der Waals surface area contributed by atoms with Crippen molar-refractivity contribution in [2.24, 2.45) is 0 Å². The van der Waals surface area contributed by atoms with Crippen LogP contribution >= 0.6 is 11.6 Å². The van der Waals surface area contributed by atoms with Crippen LogP contribution in [0.2, 0.25) is 5.02 Å². The summed E-state index contributed by atoms with van der Waals surface area (Å²) < 4.78 is 46.9. The number of carbonyl (C=O) groups is 1. The lowest BCUT2D eigenvalue weighted by molar-refractivity contribution is -0.114. The molecule has 0 atom stereocenters. The second-order valence-electron chi connectivity index (χ2n) is 8.93. The number of benzene rings is 1. The fourth-order valence-corrected chi connectivity index (χ4v) is 3.98. The molecule has 0 unspecified atom stereocenters. The Morgan fingerprint density at radius 1 is 1.18 bits per heavy atom. The van der Waals surface area contributed by atoms with Crippen molar-refractivity contribution in [3.63, 3.8) is 0 Å². The van der Waals surface area contributed by atoms with E-state index < -0.39 is 18.3 Å². The van der Waals surface area contributed by atoms with E-state index >= 15 is 0 Å². The number of pyridine rings is 1. The van der Waals surface area contributed by atoms with Gasteiger partial charge in [0, 0.05) is 38.0 Å². The third kappa shape index (κ3) is 6.61. The van der Waals surface area contributed by atoms with Crippen molar-refractivity contribution in [3.8, 4) is 17.0 Å². The van der Waals surface area contributed by atoms with Gasteiger partial charge < -0.3 is 25.2 Å². The molecule has 40 heavy (non-hydrogen) atoms. The quantitative estimate of drug-likeness (QED) is 0.236. The third-order valence-electron chi connectivity index (χ3n) is 5.77. The van der Waals surface area contributed by atoms with Crippen LogP contribution in [0.25, 0.3) is 16.8 Å². The number of ether oxygens (including phenoxy) is 1. The van der Waals surface area contributed by atoms with Gasteiger partial charge in [-0.3, -0.25) is 4.79 Å². The maximum absolute atomic E-state index is 13.6. The summed E-state index contributed by atoms with van der Waals surface area (Å²) in [5.41, 5.74) is 2.11. The van der Waals surface area contributed by atoms with E-state index in [9.17, 15) is 18.0 Å². The minimum Gasteiger partial charge on any atom is -0.433 e. The van der Waals surface area contributed by atoms with Gasteiger partial charge >= 0.3 is 6.61 Å². The minimum absolute atomic E-state index is 0.00492. The summed E-state index contributed by atoms with van der Waals surface area (Å²) in [5.74, 6) is -2.57. The zero-order valence-electron chi connectivity index (χ0n) is 21.8. The number of alkyl halides is 2. The van der Waals surface area contributed by atoms with E-state index in [2.05, 4.69) is 32.3 Å². The van der Waals surface area contributed by atoms with Gasteiger partial charge in [0.2, 0.25) is 5.95 Å². The maximum Gasteiger partial charge on any atom is 0.387 e. The Morgan fingerprint density at radius 3 is 2.65 bits per heavy atom. The van der Waals surface area contributed by atoms with Gasteiger partial charge in [-0.15, -0.1) is 0 Å². The molecule has 1 aromatic carbocycles. The number of fused-ring (bicyclic) bond motifs is 1. The van der Waals surface area contributed by atoms with Crippen LogP contribution in [-0.2, 0) is 4.79 Å². The van der Waals surface area contributed by atoms with Gasteiger partial charge in [-0.1, -0.05) is 24.2 Å². The highest BCUT2D eigenvalue weighted by molar-refractivity contribution is 6.33. The zero-order valence-corrected chi connectivity index (χ0v) is 22.6. The maximum atomic E-state index is 13.6. The number of hydrogen-bond acceptors (Lipinski definition) is 8. The van der Waals surface area contributed by atoms with Gasteiger partial charge in [-0.25, -0.2) is 18.9 Å². The molecule has 0 aliphatic heterocycles. The number of halogens is 4. The number of nitrogens with one attached hydrogen (secondary N) is 2. The standard InChI is InChI=1S/C26H26ClF3N8O2/c1-15(28)24(39)33-18-11-19(22(40-25(29)30)12-21(18)37(4)10-9-36(2)3)34-26-31-14-17(27)23(35-26)16-13-32-38-8-6-5-7-20(16)38/h5-8,11-14,25H,1,9-10H2,2-4H3,(H,33,39)(H,31,34,35). The average molecular weight is 575 g/mol. The number of amides is 1. The molecule has 1 amide bonds. The van der Waals surface area contributed by atoms with Crippen LogP contribution in [0.1, 0.15) is 0 Å². The molecular formula is C26H26ClF3N8O2. The van der Waals surface area contributed by atoms with E-state index in [1.807, 2.05) is 37.2 Å². The number of nitrogens with zero attached hydrogens (tertiary/aromatic N) is 6. The molecule has 0 spiro atoms. The summed E-state index contributed by atoms with van der Waals surface area (Å²) in [5, 5.41) is 9.80. The zero-order chi connectivity index (χ0) is 29.0. The van der Waals surface area contributed by atoms with E-state index in [0.717, 1.165) is 5.52 Å². The summed E-state index contributed by atoms with van der Waals surface area (Å²) in [6.45, 7) is 0.920. The fraction of sp³-hybridized carbons (Fsp3) is 0.231. The SMILES string of the molecule is C=C(F)C(=O)Nc1cc(Nc2ncc(Cl)c(-c3cnn4ccccc34)n2)c(OC(F)F)cc1N(C)CCN(C)C. The van der Waals surface area contributed by atoms with Gasteiger partial charge in [0.15, 0.2) is 11.6 Å². The highest BCUT2D eigenvalue weighted by Gasteiger charge is 2.21. The molecule has 2 N–H and O–H groups in total. The topological polar surface area (TPSA) is 99.9 Å².